The number of aliphatic hydroxyl groups is 1. The van der Waals surface area contributed by atoms with Gasteiger partial charge >= 0.3 is 0 Å². The van der Waals surface area contributed by atoms with Crippen LogP contribution in [0.1, 0.15) is 30.1 Å². The van der Waals surface area contributed by atoms with Gasteiger partial charge in [-0.05, 0) is 38.0 Å². The maximum atomic E-state index is 12.9. The standard InChI is InChI=1S/C12H16FNO3/c1-8(15)3-2-6-14-12(17)10-7-9(13)4-5-11(10)16/h4-5,7-8,15-16H,2-3,6H2,1H3,(H,14,17). The molecule has 1 aromatic carbocycles. The van der Waals surface area contributed by atoms with E-state index in [-0.39, 0.29) is 11.3 Å². The number of aromatic hydroxyl groups is 1. The third-order valence-corrected chi connectivity index (χ3v) is 2.29. The van der Waals surface area contributed by atoms with Crippen molar-refractivity contribution in [2.24, 2.45) is 0 Å². The van der Waals surface area contributed by atoms with Crippen LogP contribution in [0.4, 0.5) is 4.39 Å². The number of halogens is 1. The Kier molecular flexibility index (Phi) is 4.90. The summed E-state index contributed by atoms with van der Waals surface area (Å²) in [5, 5.41) is 20.9. The van der Waals surface area contributed by atoms with Gasteiger partial charge in [0, 0.05) is 6.54 Å². The van der Waals surface area contributed by atoms with Gasteiger partial charge in [0.15, 0.2) is 0 Å². The molecule has 0 aliphatic carbocycles. The summed E-state index contributed by atoms with van der Waals surface area (Å²) in [6.07, 6.45) is 0.795. The first-order valence-electron chi connectivity index (χ1n) is 5.45. The highest BCUT2D eigenvalue weighted by Crippen LogP contribution is 2.17. The van der Waals surface area contributed by atoms with E-state index in [0.29, 0.717) is 19.4 Å². The summed E-state index contributed by atoms with van der Waals surface area (Å²) in [6, 6.07) is 3.21. The Morgan fingerprint density at radius 2 is 2.24 bits per heavy atom. The number of hydrogen-bond acceptors (Lipinski definition) is 3. The number of rotatable bonds is 5. The second-order valence-corrected chi connectivity index (χ2v) is 3.91. The van der Waals surface area contributed by atoms with Gasteiger partial charge in [0.05, 0.1) is 11.7 Å². The van der Waals surface area contributed by atoms with Gasteiger partial charge in [-0.3, -0.25) is 4.79 Å². The van der Waals surface area contributed by atoms with Gasteiger partial charge in [-0.15, -0.1) is 0 Å². The van der Waals surface area contributed by atoms with Crippen LogP contribution in [0, 0.1) is 5.82 Å². The topological polar surface area (TPSA) is 69.6 Å². The van der Waals surface area contributed by atoms with Gasteiger partial charge in [-0.1, -0.05) is 0 Å². The second kappa shape index (κ2) is 6.20. The molecular formula is C12H16FNO3. The Hall–Kier alpha value is -1.62. The fourth-order valence-corrected chi connectivity index (χ4v) is 1.38. The molecule has 0 bridgehead atoms. The van der Waals surface area contributed by atoms with Crippen molar-refractivity contribution in [3.8, 4) is 5.75 Å². The molecule has 1 amide bonds. The van der Waals surface area contributed by atoms with E-state index >= 15 is 0 Å². The highest BCUT2D eigenvalue weighted by atomic mass is 19.1. The van der Waals surface area contributed by atoms with E-state index in [1.54, 1.807) is 6.92 Å². The number of carbonyl (C=O) groups is 1. The number of phenolic OH excluding ortho intramolecular Hbond substituents is 1. The van der Waals surface area contributed by atoms with Crippen molar-refractivity contribution in [2.75, 3.05) is 6.54 Å². The molecule has 0 aromatic heterocycles. The van der Waals surface area contributed by atoms with Gasteiger partial charge < -0.3 is 15.5 Å². The summed E-state index contributed by atoms with van der Waals surface area (Å²) in [7, 11) is 0. The average Bonchev–Trinajstić information content (AvgIpc) is 2.27. The highest BCUT2D eigenvalue weighted by molar-refractivity contribution is 5.96. The zero-order valence-electron chi connectivity index (χ0n) is 9.61. The molecule has 0 fully saturated rings. The molecule has 1 unspecified atom stereocenters. The van der Waals surface area contributed by atoms with Gasteiger partial charge in [-0.2, -0.15) is 0 Å². The molecule has 0 aliphatic heterocycles. The van der Waals surface area contributed by atoms with Gasteiger partial charge in [0.1, 0.15) is 11.6 Å². The first-order chi connectivity index (χ1) is 8.00. The fraction of sp³-hybridized carbons (Fsp3) is 0.417. The van der Waals surface area contributed by atoms with Crippen LogP contribution in [0.25, 0.3) is 0 Å². The number of nitrogens with one attached hydrogen (secondary N) is 1. The quantitative estimate of drug-likeness (QED) is 0.683. The van der Waals surface area contributed by atoms with Crippen molar-refractivity contribution in [1.82, 2.24) is 5.32 Å². The van der Waals surface area contributed by atoms with Crippen molar-refractivity contribution in [3.63, 3.8) is 0 Å². The van der Waals surface area contributed by atoms with E-state index in [9.17, 15) is 14.3 Å². The Morgan fingerprint density at radius 1 is 1.53 bits per heavy atom. The van der Waals surface area contributed by atoms with E-state index in [4.69, 9.17) is 5.11 Å². The molecule has 4 nitrogen and oxygen atoms in total. The number of aliphatic hydroxyl groups excluding tert-OH is 1. The van der Waals surface area contributed by atoms with Crippen molar-refractivity contribution in [1.29, 1.82) is 0 Å². The minimum atomic E-state index is -0.572. The molecule has 1 rings (SSSR count). The van der Waals surface area contributed by atoms with Crippen molar-refractivity contribution < 1.29 is 19.4 Å². The minimum absolute atomic E-state index is 0.0814. The zero-order chi connectivity index (χ0) is 12.8. The molecule has 0 spiro atoms. The van der Waals surface area contributed by atoms with Crippen LogP contribution in [0.2, 0.25) is 0 Å². The maximum absolute atomic E-state index is 12.9. The van der Waals surface area contributed by atoms with Crippen LogP contribution in [0.5, 0.6) is 5.75 Å². The molecule has 0 saturated heterocycles. The number of amides is 1. The Balaban J connectivity index is 2.49. The summed E-state index contributed by atoms with van der Waals surface area (Å²) >= 11 is 0. The van der Waals surface area contributed by atoms with Crippen molar-refractivity contribution in [3.05, 3.63) is 29.6 Å². The van der Waals surface area contributed by atoms with E-state index in [1.807, 2.05) is 0 Å². The molecule has 3 N–H and O–H groups in total. The second-order valence-electron chi connectivity index (χ2n) is 3.91. The lowest BCUT2D eigenvalue weighted by Gasteiger charge is -2.07. The van der Waals surface area contributed by atoms with Crippen molar-refractivity contribution >= 4 is 5.91 Å². The Morgan fingerprint density at radius 3 is 2.88 bits per heavy atom. The predicted octanol–water partition coefficient (Wildman–Crippen LogP) is 1.42. The molecule has 0 saturated carbocycles. The number of hydrogen-bond donors (Lipinski definition) is 3. The number of benzene rings is 1. The largest absolute Gasteiger partial charge is 0.507 e. The predicted molar refractivity (Wildman–Crippen MR) is 61.3 cm³/mol. The Labute approximate surface area is 99.1 Å². The molecular weight excluding hydrogens is 225 g/mol. The summed E-state index contributed by atoms with van der Waals surface area (Å²) in [5.41, 5.74) is -0.0814. The van der Waals surface area contributed by atoms with Crippen LogP contribution in [0.15, 0.2) is 18.2 Å². The average molecular weight is 241 g/mol. The summed E-state index contributed by atoms with van der Waals surface area (Å²) in [4.78, 5) is 11.6. The molecule has 94 valence electrons. The van der Waals surface area contributed by atoms with Crippen LogP contribution < -0.4 is 5.32 Å². The molecule has 0 heterocycles. The molecule has 5 heteroatoms. The Bertz CT molecular complexity index is 393. The molecule has 0 aliphatic rings. The van der Waals surface area contributed by atoms with Gasteiger partial charge in [0.25, 0.3) is 5.91 Å². The van der Waals surface area contributed by atoms with Gasteiger partial charge in [0.2, 0.25) is 0 Å². The highest BCUT2D eigenvalue weighted by Gasteiger charge is 2.11. The van der Waals surface area contributed by atoms with Crippen LogP contribution in [0.3, 0.4) is 0 Å². The third kappa shape index (κ3) is 4.40. The molecule has 1 atom stereocenters. The van der Waals surface area contributed by atoms with Gasteiger partial charge in [-0.25, -0.2) is 4.39 Å². The van der Waals surface area contributed by atoms with E-state index in [2.05, 4.69) is 5.32 Å². The SMILES string of the molecule is CC(O)CCCNC(=O)c1cc(F)ccc1O. The first-order valence-corrected chi connectivity index (χ1v) is 5.45. The van der Waals surface area contributed by atoms with E-state index in [0.717, 1.165) is 18.2 Å². The summed E-state index contributed by atoms with van der Waals surface area (Å²) in [5.74, 6) is -1.34. The van der Waals surface area contributed by atoms with E-state index in [1.165, 1.54) is 0 Å². The third-order valence-electron chi connectivity index (χ3n) is 2.29. The van der Waals surface area contributed by atoms with Crippen LogP contribution in [-0.4, -0.2) is 28.8 Å². The normalized spacial score (nSPS) is 12.2. The maximum Gasteiger partial charge on any atom is 0.255 e. The number of phenols is 1. The van der Waals surface area contributed by atoms with Crippen LogP contribution in [-0.2, 0) is 0 Å². The van der Waals surface area contributed by atoms with E-state index < -0.39 is 17.8 Å². The first kappa shape index (κ1) is 13.4. The lowest BCUT2D eigenvalue weighted by molar-refractivity contribution is 0.0946. The monoisotopic (exact) mass is 241 g/mol. The summed E-state index contributed by atoms with van der Waals surface area (Å²) in [6.45, 7) is 2.04. The molecule has 1 aromatic rings. The zero-order valence-corrected chi connectivity index (χ0v) is 9.61. The lowest BCUT2D eigenvalue weighted by Crippen LogP contribution is -2.25. The molecule has 17 heavy (non-hydrogen) atoms. The smallest absolute Gasteiger partial charge is 0.255 e. The minimum Gasteiger partial charge on any atom is -0.507 e. The summed E-state index contributed by atoms with van der Waals surface area (Å²) < 4.78 is 12.9. The fourth-order valence-electron chi connectivity index (χ4n) is 1.38. The van der Waals surface area contributed by atoms with Crippen LogP contribution >= 0.6 is 0 Å². The lowest BCUT2D eigenvalue weighted by atomic mass is 10.1. The molecule has 0 radical (unpaired) electrons. The van der Waals surface area contributed by atoms with Crippen molar-refractivity contribution in [2.45, 2.75) is 25.9 Å². The number of carbonyl (C=O) groups excluding carboxylic acids is 1.